The van der Waals surface area contributed by atoms with Gasteiger partial charge in [-0.3, -0.25) is 14.6 Å². The second-order valence-electron chi connectivity index (χ2n) is 4.72. The molecule has 1 amide bonds. The molecule has 1 heterocycles. The maximum absolute atomic E-state index is 12.0. The normalized spacial score (nSPS) is 22.7. The van der Waals surface area contributed by atoms with Gasteiger partial charge in [-0.2, -0.15) is 0 Å². The Kier molecular flexibility index (Phi) is 3.60. The van der Waals surface area contributed by atoms with E-state index in [-0.39, 0.29) is 17.7 Å². The lowest BCUT2D eigenvalue weighted by molar-refractivity contribution is -0.141. The monoisotopic (exact) mass is 248 g/mol. The van der Waals surface area contributed by atoms with Gasteiger partial charge in [0.15, 0.2) is 0 Å². The van der Waals surface area contributed by atoms with Gasteiger partial charge in [-0.05, 0) is 37.8 Å². The van der Waals surface area contributed by atoms with Crippen molar-refractivity contribution in [2.45, 2.75) is 26.2 Å². The number of carboxylic acids is 1. The standard InChI is InChI=1S/C13H16N2O3/c1-8-4-5-14-7-11(8)15-12(16)9-2-3-10(6-9)13(17)18/h4-5,7,9-10H,2-3,6H2,1H3,(H,15,16)(H,17,18)/t9-,10+/m1/s1. The van der Waals surface area contributed by atoms with Crippen molar-refractivity contribution in [2.75, 3.05) is 5.32 Å². The predicted molar refractivity (Wildman–Crippen MR) is 66.1 cm³/mol. The molecule has 0 spiro atoms. The summed E-state index contributed by atoms with van der Waals surface area (Å²) < 4.78 is 0. The fraction of sp³-hybridized carbons (Fsp3) is 0.462. The number of nitrogens with zero attached hydrogens (tertiary/aromatic N) is 1. The van der Waals surface area contributed by atoms with Crippen LogP contribution in [0.2, 0.25) is 0 Å². The van der Waals surface area contributed by atoms with Gasteiger partial charge in [0, 0.05) is 12.1 Å². The molecule has 0 unspecified atom stereocenters. The zero-order chi connectivity index (χ0) is 13.1. The summed E-state index contributed by atoms with van der Waals surface area (Å²) in [4.78, 5) is 26.8. The van der Waals surface area contributed by atoms with Gasteiger partial charge in [0.1, 0.15) is 0 Å². The molecule has 5 nitrogen and oxygen atoms in total. The Hall–Kier alpha value is -1.91. The van der Waals surface area contributed by atoms with Gasteiger partial charge in [0.2, 0.25) is 5.91 Å². The van der Waals surface area contributed by atoms with Crippen LogP contribution in [0.4, 0.5) is 5.69 Å². The van der Waals surface area contributed by atoms with Gasteiger partial charge >= 0.3 is 5.97 Å². The largest absolute Gasteiger partial charge is 0.481 e. The summed E-state index contributed by atoms with van der Waals surface area (Å²) in [5, 5.41) is 11.7. The van der Waals surface area contributed by atoms with Crippen molar-refractivity contribution >= 4 is 17.6 Å². The SMILES string of the molecule is Cc1ccncc1NC(=O)[C@@H]1CC[C@H](C(=O)O)C1. The molecule has 1 aliphatic carbocycles. The maximum Gasteiger partial charge on any atom is 0.306 e. The van der Waals surface area contributed by atoms with E-state index >= 15 is 0 Å². The van der Waals surface area contributed by atoms with Gasteiger partial charge in [0.25, 0.3) is 0 Å². The number of amides is 1. The van der Waals surface area contributed by atoms with Crippen LogP contribution >= 0.6 is 0 Å². The van der Waals surface area contributed by atoms with Crippen LogP contribution in [0.3, 0.4) is 0 Å². The van der Waals surface area contributed by atoms with E-state index in [1.165, 1.54) is 0 Å². The first-order valence-corrected chi connectivity index (χ1v) is 6.02. The van der Waals surface area contributed by atoms with Gasteiger partial charge in [0.05, 0.1) is 17.8 Å². The fourth-order valence-corrected chi connectivity index (χ4v) is 2.27. The highest BCUT2D eigenvalue weighted by Gasteiger charge is 2.33. The third-order valence-corrected chi connectivity index (χ3v) is 3.45. The summed E-state index contributed by atoms with van der Waals surface area (Å²) in [6.07, 6.45) is 4.93. The molecule has 0 aromatic carbocycles. The molecule has 0 saturated heterocycles. The second-order valence-corrected chi connectivity index (χ2v) is 4.72. The van der Waals surface area contributed by atoms with Crippen LogP contribution in [0.25, 0.3) is 0 Å². The lowest BCUT2D eigenvalue weighted by Crippen LogP contribution is -2.22. The lowest BCUT2D eigenvalue weighted by atomic mass is 10.0. The van der Waals surface area contributed by atoms with E-state index in [1.54, 1.807) is 12.4 Å². The molecule has 5 heteroatoms. The number of aliphatic carboxylic acids is 1. The van der Waals surface area contributed by atoms with E-state index in [0.29, 0.717) is 24.9 Å². The molecule has 0 aliphatic heterocycles. The smallest absolute Gasteiger partial charge is 0.306 e. The summed E-state index contributed by atoms with van der Waals surface area (Å²) in [5.41, 5.74) is 1.65. The Labute approximate surface area is 105 Å². The Morgan fingerprint density at radius 1 is 1.39 bits per heavy atom. The van der Waals surface area contributed by atoms with E-state index < -0.39 is 5.97 Å². The zero-order valence-corrected chi connectivity index (χ0v) is 10.2. The zero-order valence-electron chi connectivity index (χ0n) is 10.2. The Bertz CT molecular complexity index is 473. The number of aryl methyl sites for hydroxylation is 1. The number of anilines is 1. The van der Waals surface area contributed by atoms with Crippen molar-refractivity contribution < 1.29 is 14.7 Å². The van der Waals surface area contributed by atoms with Crippen molar-refractivity contribution in [1.82, 2.24) is 4.98 Å². The molecule has 96 valence electrons. The topological polar surface area (TPSA) is 79.3 Å². The van der Waals surface area contributed by atoms with E-state index in [0.717, 1.165) is 5.56 Å². The molecule has 1 aromatic rings. The molecule has 2 rings (SSSR count). The fourth-order valence-electron chi connectivity index (χ4n) is 2.27. The van der Waals surface area contributed by atoms with E-state index in [9.17, 15) is 9.59 Å². The highest BCUT2D eigenvalue weighted by molar-refractivity contribution is 5.93. The Morgan fingerprint density at radius 2 is 2.11 bits per heavy atom. The average molecular weight is 248 g/mol. The highest BCUT2D eigenvalue weighted by Crippen LogP contribution is 2.32. The summed E-state index contributed by atoms with van der Waals surface area (Å²) in [6, 6.07) is 1.82. The van der Waals surface area contributed by atoms with Gasteiger partial charge in [-0.15, -0.1) is 0 Å². The Balaban J connectivity index is 1.98. The van der Waals surface area contributed by atoms with Crippen molar-refractivity contribution in [2.24, 2.45) is 11.8 Å². The molecule has 18 heavy (non-hydrogen) atoms. The number of aromatic nitrogens is 1. The molecule has 2 atom stereocenters. The quantitative estimate of drug-likeness (QED) is 0.855. The minimum absolute atomic E-state index is 0.102. The van der Waals surface area contributed by atoms with Gasteiger partial charge in [-0.1, -0.05) is 0 Å². The summed E-state index contributed by atoms with van der Waals surface area (Å²) >= 11 is 0. The van der Waals surface area contributed by atoms with Crippen LogP contribution in [0, 0.1) is 18.8 Å². The van der Waals surface area contributed by atoms with Crippen LogP contribution in [-0.2, 0) is 9.59 Å². The summed E-state index contributed by atoms with van der Waals surface area (Å²) in [5.74, 6) is -1.49. The number of carbonyl (C=O) groups excluding carboxylic acids is 1. The second kappa shape index (κ2) is 5.16. The molecule has 2 N–H and O–H groups in total. The van der Waals surface area contributed by atoms with Crippen LogP contribution in [0.15, 0.2) is 18.5 Å². The number of carboxylic acid groups (broad SMARTS) is 1. The van der Waals surface area contributed by atoms with Crippen LogP contribution in [0.1, 0.15) is 24.8 Å². The Morgan fingerprint density at radius 3 is 2.72 bits per heavy atom. The van der Waals surface area contributed by atoms with Crippen molar-refractivity contribution in [3.8, 4) is 0 Å². The minimum atomic E-state index is -0.803. The molecule has 1 saturated carbocycles. The van der Waals surface area contributed by atoms with E-state index in [2.05, 4.69) is 10.3 Å². The molecule has 1 fully saturated rings. The third-order valence-electron chi connectivity index (χ3n) is 3.45. The third kappa shape index (κ3) is 2.67. The number of carbonyl (C=O) groups is 2. The first-order valence-electron chi connectivity index (χ1n) is 6.02. The molecular weight excluding hydrogens is 232 g/mol. The number of hydrogen-bond acceptors (Lipinski definition) is 3. The van der Waals surface area contributed by atoms with Gasteiger partial charge < -0.3 is 10.4 Å². The lowest BCUT2D eigenvalue weighted by Gasteiger charge is -2.12. The summed E-state index contributed by atoms with van der Waals surface area (Å²) in [7, 11) is 0. The number of pyridine rings is 1. The average Bonchev–Trinajstić information content (AvgIpc) is 2.81. The summed E-state index contributed by atoms with van der Waals surface area (Å²) in [6.45, 7) is 1.89. The molecule has 0 radical (unpaired) electrons. The van der Waals surface area contributed by atoms with Crippen LogP contribution in [-0.4, -0.2) is 22.0 Å². The minimum Gasteiger partial charge on any atom is -0.481 e. The first-order chi connectivity index (χ1) is 8.58. The molecular formula is C13H16N2O3. The number of hydrogen-bond donors (Lipinski definition) is 2. The highest BCUT2D eigenvalue weighted by atomic mass is 16.4. The van der Waals surface area contributed by atoms with Crippen molar-refractivity contribution in [1.29, 1.82) is 0 Å². The van der Waals surface area contributed by atoms with Crippen molar-refractivity contribution in [3.05, 3.63) is 24.0 Å². The molecule has 1 aromatic heterocycles. The number of rotatable bonds is 3. The van der Waals surface area contributed by atoms with E-state index in [1.807, 2.05) is 13.0 Å². The molecule has 0 bridgehead atoms. The predicted octanol–water partition coefficient (Wildman–Crippen LogP) is 1.83. The van der Waals surface area contributed by atoms with Crippen LogP contribution < -0.4 is 5.32 Å². The van der Waals surface area contributed by atoms with Crippen molar-refractivity contribution in [3.63, 3.8) is 0 Å². The maximum atomic E-state index is 12.0. The number of nitrogens with one attached hydrogen (secondary N) is 1. The van der Waals surface area contributed by atoms with Gasteiger partial charge in [-0.25, -0.2) is 0 Å². The van der Waals surface area contributed by atoms with Crippen LogP contribution in [0.5, 0.6) is 0 Å². The molecule has 1 aliphatic rings. The first kappa shape index (κ1) is 12.5. The van der Waals surface area contributed by atoms with E-state index in [4.69, 9.17) is 5.11 Å².